The number of carbonyl (C=O) groups excluding carboxylic acids is 3. The molecule has 0 aromatic carbocycles. The molecule has 3 fully saturated rings. The van der Waals surface area contributed by atoms with Gasteiger partial charge >= 0.3 is 0 Å². The van der Waals surface area contributed by atoms with E-state index < -0.39 is 0 Å². The lowest BCUT2D eigenvalue weighted by Crippen LogP contribution is -2.41. The van der Waals surface area contributed by atoms with Crippen LogP contribution in [-0.4, -0.2) is 87.9 Å². The van der Waals surface area contributed by atoms with Gasteiger partial charge in [0.25, 0.3) is 0 Å². The highest BCUT2D eigenvalue weighted by molar-refractivity contribution is 8.00. The molecule has 0 saturated carbocycles. The summed E-state index contributed by atoms with van der Waals surface area (Å²) in [6.45, 7) is 6.56. The van der Waals surface area contributed by atoms with E-state index in [2.05, 4.69) is 15.2 Å². The van der Waals surface area contributed by atoms with E-state index in [4.69, 9.17) is 4.98 Å². The second kappa shape index (κ2) is 9.42. The standard InChI is InChI=1S/C21H30N6O3S/c1-14(2)23-20(30)16-10-26(18(28)11-27-13-31-12-19(27)29)9-15(16)17-5-6-22-21(24-17)25-7-3-4-8-25/h5-6,14-16H,3-4,7-13H2,1-2H3,(H,23,30)/t15-,16-/m1/s1. The molecule has 0 spiro atoms. The van der Waals surface area contributed by atoms with Crippen LogP contribution in [0.3, 0.4) is 0 Å². The first kappa shape index (κ1) is 21.9. The maximum atomic E-state index is 13.0. The first-order valence-electron chi connectivity index (χ1n) is 10.9. The van der Waals surface area contributed by atoms with E-state index in [1.54, 1.807) is 16.0 Å². The van der Waals surface area contributed by atoms with Crippen molar-refractivity contribution in [3.63, 3.8) is 0 Å². The molecule has 4 heterocycles. The van der Waals surface area contributed by atoms with Gasteiger partial charge in [0.05, 0.1) is 23.2 Å². The van der Waals surface area contributed by atoms with Crippen molar-refractivity contribution >= 4 is 35.4 Å². The molecule has 0 radical (unpaired) electrons. The Hall–Kier alpha value is -2.36. The molecule has 3 saturated heterocycles. The monoisotopic (exact) mass is 446 g/mol. The van der Waals surface area contributed by atoms with Gasteiger partial charge in [0.15, 0.2) is 0 Å². The van der Waals surface area contributed by atoms with Crippen LogP contribution in [0.2, 0.25) is 0 Å². The Kier molecular flexibility index (Phi) is 6.64. The lowest BCUT2D eigenvalue weighted by atomic mass is 9.91. The number of hydrogen-bond acceptors (Lipinski definition) is 7. The molecule has 168 valence electrons. The summed E-state index contributed by atoms with van der Waals surface area (Å²) in [6.07, 6.45) is 4.01. The van der Waals surface area contributed by atoms with Crippen molar-refractivity contribution in [3.8, 4) is 0 Å². The van der Waals surface area contributed by atoms with Crippen LogP contribution >= 0.6 is 11.8 Å². The average molecular weight is 447 g/mol. The summed E-state index contributed by atoms with van der Waals surface area (Å²) in [6, 6.07) is 1.87. The smallest absolute Gasteiger partial charge is 0.242 e. The van der Waals surface area contributed by atoms with Gasteiger partial charge in [-0.2, -0.15) is 0 Å². The fraction of sp³-hybridized carbons (Fsp3) is 0.667. The summed E-state index contributed by atoms with van der Waals surface area (Å²) < 4.78 is 0. The molecule has 1 N–H and O–H groups in total. The number of aromatic nitrogens is 2. The normalized spacial score (nSPS) is 23.8. The largest absolute Gasteiger partial charge is 0.354 e. The van der Waals surface area contributed by atoms with E-state index in [0.717, 1.165) is 31.6 Å². The lowest BCUT2D eigenvalue weighted by molar-refractivity contribution is -0.137. The summed E-state index contributed by atoms with van der Waals surface area (Å²) in [5, 5.41) is 3.00. The van der Waals surface area contributed by atoms with Crippen molar-refractivity contribution in [2.24, 2.45) is 5.92 Å². The zero-order valence-electron chi connectivity index (χ0n) is 18.1. The first-order valence-corrected chi connectivity index (χ1v) is 12.1. The molecule has 9 nitrogen and oxygen atoms in total. The number of rotatable bonds is 6. The molecule has 31 heavy (non-hydrogen) atoms. The van der Waals surface area contributed by atoms with Gasteiger partial charge in [-0.1, -0.05) is 0 Å². The molecular weight excluding hydrogens is 416 g/mol. The van der Waals surface area contributed by atoms with E-state index in [9.17, 15) is 14.4 Å². The summed E-state index contributed by atoms with van der Waals surface area (Å²) >= 11 is 1.52. The van der Waals surface area contributed by atoms with Crippen LogP contribution < -0.4 is 10.2 Å². The van der Waals surface area contributed by atoms with E-state index in [0.29, 0.717) is 30.7 Å². The van der Waals surface area contributed by atoms with Crippen LogP contribution in [-0.2, 0) is 14.4 Å². The highest BCUT2D eigenvalue weighted by Crippen LogP contribution is 2.33. The fourth-order valence-corrected chi connectivity index (χ4v) is 5.31. The average Bonchev–Trinajstić information content (AvgIpc) is 3.49. The second-order valence-corrected chi connectivity index (χ2v) is 9.68. The Morgan fingerprint density at radius 2 is 2.03 bits per heavy atom. The quantitative estimate of drug-likeness (QED) is 0.686. The molecule has 1 aromatic rings. The van der Waals surface area contributed by atoms with Crippen LogP contribution in [0.5, 0.6) is 0 Å². The number of carbonyl (C=O) groups is 3. The zero-order chi connectivity index (χ0) is 22.0. The maximum absolute atomic E-state index is 13.0. The van der Waals surface area contributed by atoms with Crippen molar-refractivity contribution in [1.82, 2.24) is 25.1 Å². The SMILES string of the molecule is CC(C)NC(=O)[C@@H]1CN(C(=O)CN2CSCC2=O)C[C@H]1c1ccnc(N2CCCC2)n1. The number of anilines is 1. The molecule has 3 amide bonds. The van der Waals surface area contributed by atoms with Gasteiger partial charge in [-0.25, -0.2) is 9.97 Å². The Morgan fingerprint density at radius 1 is 1.26 bits per heavy atom. The Balaban J connectivity index is 1.53. The van der Waals surface area contributed by atoms with Crippen LogP contribution in [0.1, 0.15) is 38.3 Å². The zero-order valence-corrected chi connectivity index (χ0v) is 18.9. The molecule has 2 atom stereocenters. The number of nitrogens with one attached hydrogen (secondary N) is 1. The van der Waals surface area contributed by atoms with Crippen LogP contribution in [0.25, 0.3) is 0 Å². The molecule has 10 heteroatoms. The highest BCUT2D eigenvalue weighted by atomic mass is 32.2. The number of hydrogen-bond donors (Lipinski definition) is 1. The minimum absolute atomic E-state index is 0.00532. The van der Waals surface area contributed by atoms with E-state index in [1.165, 1.54) is 11.8 Å². The molecular formula is C21H30N6O3S. The van der Waals surface area contributed by atoms with Crippen LogP contribution in [0.4, 0.5) is 5.95 Å². The molecule has 0 aliphatic carbocycles. The van der Waals surface area contributed by atoms with Crippen molar-refractivity contribution < 1.29 is 14.4 Å². The predicted molar refractivity (Wildman–Crippen MR) is 119 cm³/mol. The minimum Gasteiger partial charge on any atom is -0.354 e. The fourth-order valence-electron chi connectivity index (χ4n) is 4.41. The van der Waals surface area contributed by atoms with Crippen molar-refractivity contribution in [1.29, 1.82) is 0 Å². The summed E-state index contributed by atoms with van der Waals surface area (Å²) in [5.41, 5.74) is 0.795. The summed E-state index contributed by atoms with van der Waals surface area (Å²) in [4.78, 5) is 52.5. The van der Waals surface area contributed by atoms with E-state index in [-0.39, 0.29) is 42.1 Å². The van der Waals surface area contributed by atoms with Crippen molar-refractivity contribution in [2.75, 3.05) is 49.3 Å². The van der Waals surface area contributed by atoms with Gasteiger partial charge < -0.3 is 20.0 Å². The predicted octanol–water partition coefficient (Wildman–Crippen LogP) is 0.676. The number of thioether (sulfide) groups is 1. The van der Waals surface area contributed by atoms with Gasteiger partial charge in [-0.05, 0) is 32.8 Å². The lowest BCUT2D eigenvalue weighted by Gasteiger charge is -2.21. The van der Waals surface area contributed by atoms with Crippen molar-refractivity contribution in [2.45, 2.75) is 38.6 Å². The highest BCUT2D eigenvalue weighted by Gasteiger charge is 2.42. The molecule has 0 bridgehead atoms. The van der Waals surface area contributed by atoms with Crippen LogP contribution in [0.15, 0.2) is 12.3 Å². The minimum atomic E-state index is -0.378. The van der Waals surface area contributed by atoms with E-state index in [1.807, 2.05) is 19.9 Å². The summed E-state index contributed by atoms with van der Waals surface area (Å²) in [5.74, 6) is 0.905. The summed E-state index contributed by atoms with van der Waals surface area (Å²) in [7, 11) is 0. The third kappa shape index (κ3) is 4.94. The topological polar surface area (TPSA) is 98.7 Å². The number of likely N-dealkylation sites (tertiary alicyclic amines) is 1. The molecule has 4 rings (SSSR count). The van der Waals surface area contributed by atoms with E-state index >= 15 is 0 Å². The van der Waals surface area contributed by atoms with Gasteiger partial charge in [0.1, 0.15) is 6.54 Å². The Morgan fingerprint density at radius 3 is 2.71 bits per heavy atom. The number of nitrogens with zero attached hydrogens (tertiary/aromatic N) is 5. The van der Waals surface area contributed by atoms with Gasteiger partial charge in [0.2, 0.25) is 23.7 Å². The van der Waals surface area contributed by atoms with Gasteiger partial charge in [-0.3, -0.25) is 14.4 Å². The van der Waals surface area contributed by atoms with Gasteiger partial charge in [-0.15, -0.1) is 11.8 Å². The third-order valence-electron chi connectivity index (χ3n) is 6.02. The Bertz CT molecular complexity index is 844. The van der Waals surface area contributed by atoms with Gasteiger partial charge in [0, 0.05) is 44.3 Å². The Labute approximate surface area is 186 Å². The third-order valence-corrected chi connectivity index (χ3v) is 6.97. The maximum Gasteiger partial charge on any atom is 0.242 e. The molecule has 3 aliphatic rings. The molecule has 3 aliphatic heterocycles. The van der Waals surface area contributed by atoms with Crippen LogP contribution in [0, 0.1) is 5.92 Å². The van der Waals surface area contributed by atoms with Crippen molar-refractivity contribution in [3.05, 3.63) is 18.0 Å². The second-order valence-electron chi connectivity index (χ2n) is 8.72. The molecule has 1 aromatic heterocycles. The first-order chi connectivity index (χ1) is 14.9. The molecule has 0 unspecified atom stereocenters. The number of amides is 3.